The van der Waals surface area contributed by atoms with Gasteiger partial charge in [-0.25, -0.2) is 0 Å². The van der Waals surface area contributed by atoms with E-state index in [4.69, 9.17) is 4.74 Å². The lowest BCUT2D eigenvalue weighted by Crippen LogP contribution is -2.45. The molecule has 27 heavy (non-hydrogen) atoms. The zero-order valence-corrected chi connectivity index (χ0v) is 16.0. The number of para-hydroxylation sites is 1. The van der Waals surface area contributed by atoms with Crippen LogP contribution < -0.4 is 5.01 Å². The average Bonchev–Trinajstić information content (AvgIpc) is 3.09. The molecule has 0 aliphatic carbocycles. The number of likely N-dealkylation sites (tertiary alicyclic amines) is 1. The van der Waals surface area contributed by atoms with Gasteiger partial charge in [-0.15, -0.1) is 0 Å². The molecule has 2 aliphatic rings. The van der Waals surface area contributed by atoms with Crippen molar-refractivity contribution in [1.29, 1.82) is 0 Å². The maximum atomic E-state index is 12.9. The summed E-state index contributed by atoms with van der Waals surface area (Å²) in [5.41, 5.74) is 0.911. The minimum absolute atomic E-state index is 0.00891. The number of benzene rings is 1. The largest absolute Gasteiger partial charge is 0.466 e. The molecule has 0 radical (unpaired) electrons. The van der Waals surface area contributed by atoms with E-state index in [0.29, 0.717) is 39.1 Å². The molecule has 1 aromatic rings. The second kappa shape index (κ2) is 8.41. The molecule has 1 atom stereocenters. The summed E-state index contributed by atoms with van der Waals surface area (Å²) in [6.45, 7) is 3.66. The molecule has 0 saturated carbocycles. The number of carbonyl (C=O) groups excluding carboxylic acids is 3. The predicted molar refractivity (Wildman–Crippen MR) is 101 cm³/mol. The zero-order chi connectivity index (χ0) is 19.4. The molecular formula is C20H27N3O4. The summed E-state index contributed by atoms with van der Waals surface area (Å²) < 4.78 is 5.07. The first kappa shape index (κ1) is 19.2. The van der Waals surface area contributed by atoms with Gasteiger partial charge in [-0.3, -0.25) is 24.4 Å². The van der Waals surface area contributed by atoms with Crippen LogP contribution in [0.2, 0.25) is 0 Å². The molecule has 0 spiro atoms. The molecule has 7 nitrogen and oxygen atoms in total. The fourth-order valence-electron chi connectivity index (χ4n) is 3.78. The lowest BCUT2D eigenvalue weighted by molar-refractivity contribution is -0.151. The van der Waals surface area contributed by atoms with E-state index in [-0.39, 0.29) is 36.0 Å². The maximum Gasteiger partial charge on any atom is 0.309 e. The predicted octanol–water partition coefficient (Wildman–Crippen LogP) is 1.69. The molecule has 1 aromatic carbocycles. The van der Waals surface area contributed by atoms with Gasteiger partial charge in [0, 0.05) is 26.6 Å². The fourth-order valence-corrected chi connectivity index (χ4v) is 3.78. The third-order valence-corrected chi connectivity index (χ3v) is 5.37. The Kier molecular flexibility index (Phi) is 5.98. The van der Waals surface area contributed by atoms with Crippen molar-refractivity contribution < 1.29 is 19.1 Å². The number of piperidine rings is 1. The fraction of sp³-hybridized carbons (Fsp3) is 0.550. The van der Waals surface area contributed by atoms with E-state index in [1.54, 1.807) is 16.8 Å². The van der Waals surface area contributed by atoms with Gasteiger partial charge in [-0.05, 0) is 31.9 Å². The molecule has 7 heteroatoms. The van der Waals surface area contributed by atoms with Gasteiger partial charge in [-0.1, -0.05) is 18.2 Å². The van der Waals surface area contributed by atoms with E-state index < -0.39 is 0 Å². The van der Waals surface area contributed by atoms with E-state index in [0.717, 1.165) is 5.69 Å². The Morgan fingerprint density at radius 3 is 2.44 bits per heavy atom. The number of esters is 1. The monoisotopic (exact) mass is 373 g/mol. The molecule has 2 saturated heterocycles. The molecule has 2 aliphatic heterocycles. The highest BCUT2D eigenvalue weighted by molar-refractivity contribution is 5.90. The standard InChI is InChI=1S/C20H27N3O4/c1-3-27-20(26)15-9-11-22(12-10-15)19(25)16-13-18(24)23(14-16)21(2)17-7-5-4-6-8-17/h4-8,15-16H,3,9-14H2,1-2H3. The number of ether oxygens (including phenoxy) is 1. The van der Waals surface area contributed by atoms with Crippen LogP contribution in [0.1, 0.15) is 26.2 Å². The third kappa shape index (κ3) is 4.23. The maximum absolute atomic E-state index is 12.9. The second-order valence-electron chi connectivity index (χ2n) is 7.09. The van der Waals surface area contributed by atoms with Crippen molar-refractivity contribution >= 4 is 23.5 Å². The van der Waals surface area contributed by atoms with Crippen molar-refractivity contribution in [2.75, 3.05) is 38.3 Å². The molecule has 146 valence electrons. The number of anilines is 1. The molecular weight excluding hydrogens is 346 g/mol. The van der Waals surface area contributed by atoms with Crippen molar-refractivity contribution in [2.45, 2.75) is 26.2 Å². The number of nitrogens with zero attached hydrogens (tertiary/aromatic N) is 3. The summed E-state index contributed by atoms with van der Waals surface area (Å²) in [5, 5.41) is 3.45. The Balaban J connectivity index is 1.56. The smallest absolute Gasteiger partial charge is 0.309 e. The lowest BCUT2D eigenvalue weighted by atomic mass is 9.95. The zero-order valence-electron chi connectivity index (χ0n) is 16.0. The van der Waals surface area contributed by atoms with Crippen LogP contribution >= 0.6 is 0 Å². The SMILES string of the molecule is CCOC(=O)C1CCN(C(=O)C2CC(=O)N(N(C)c3ccccc3)C2)CC1. The van der Waals surface area contributed by atoms with Crippen LogP contribution in [0.25, 0.3) is 0 Å². The van der Waals surface area contributed by atoms with Gasteiger partial charge in [0.2, 0.25) is 11.8 Å². The summed E-state index contributed by atoms with van der Waals surface area (Å²) in [7, 11) is 1.84. The van der Waals surface area contributed by atoms with Crippen molar-refractivity contribution in [3.63, 3.8) is 0 Å². The number of carbonyl (C=O) groups is 3. The normalized spacial score (nSPS) is 20.7. The van der Waals surface area contributed by atoms with Crippen molar-refractivity contribution in [3.8, 4) is 0 Å². The second-order valence-corrected chi connectivity index (χ2v) is 7.09. The molecule has 2 fully saturated rings. The Morgan fingerprint density at radius 2 is 1.81 bits per heavy atom. The van der Waals surface area contributed by atoms with Crippen LogP contribution in [0.3, 0.4) is 0 Å². The molecule has 0 bridgehead atoms. The van der Waals surface area contributed by atoms with E-state index in [9.17, 15) is 14.4 Å². The number of rotatable bonds is 5. The van der Waals surface area contributed by atoms with Gasteiger partial charge in [-0.2, -0.15) is 0 Å². The first-order chi connectivity index (χ1) is 13.0. The molecule has 0 aromatic heterocycles. The highest BCUT2D eigenvalue weighted by Gasteiger charge is 2.39. The average molecular weight is 373 g/mol. The van der Waals surface area contributed by atoms with Crippen LogP contribution in [-0.4, -0.2) is 61.0 Å². The molecule has 0 N–H and O–H groups in total. The molecule has 2 heterocycles. The van der Waals surface area contributed by atoms with Crippen molar-refractivity contribution in [2.24, 2.45) is 11.8 Å². The van der Waals surface area contributed by atoms with Crippen molar-refractivity contribution in [3.05, 3.63) is 30.3 Å². The van der Waals surface area contributed by atoms with Crippen molar-refractivity contribution in [1.82, 2.24) is 9.91 Å². The molecule has 3 rings (SSSR count). The summed E-state index contributed by atoms with van der Waals surface area (Å²) in [5.74, 6) is -0.658. The van der Waals surface area contributed by atoms with Crippen LogP contribution in [0.4, 0.5) is 5.69 Å². The van der Waals surface area contributed by atoms with E-state index in [1.165, 1.54) is 0 Å². The van der Waals surface area contributed by atoms with E-state index >= 15 is 0 Å². The third-order valence-electron chi connectivity index (χ3n) is 5.37. The summed E-state index contributed by atoms with van der Waals surface area (Å²) in [4.78, 5) is 39.0. The number of hydrogen-bond donors (Lipinski definition) is 0. The van der Waals surface area contributed by atoms with Gasteiger partial charge >= 0.3 is 5.97 Å². The quantitative estimate of drug-likeness (QED) is 0.735. The molecule has 2 amide bonds. The Labute approximate surface area is 159 Å². The summed E-state index contributed by atoms with van der Waals surface area (Å²) >= 11 is 0. The Morgan fingerprint density at radius 1 is 1.15 bits per heavy atom. The van der Waals surface area contributed by atoms with Gasteiger partial charge in [0.05, 0.1) is 30.7 Å². The van der Waals surface area contributed by atoms with Crippen LogP contribution in [0.15, 0.2) is 30.3 Å². The highest BCUT2D eigenvalue weighted by Crippen LogP contribution is 2.27. The minimum Gasteiger partial charge on any atom is -0.466 e. The van der Waals surface area contributed by atoms with Gasteiger partial charge in [0.25, 0.3) is 0 Å². The first-order valence-electron chi connectivity index (χ1n) is 9.55. The Hall–Kier alpha value is -2.57. The highest BCUT2D eigenvalue weighted by atomic mass is 16.5. The van der Waals surface area contributed by atoms with Crippen LogP contribution in [0, 0.1) is 11.8 Å². The lowest BCUT2D eigenvalue weighted by Gasteiger charge is -2.33. The Bertz CT molecular complexity index is 686. The van der Waals surface area contributed by atoms with Gasteiger partial charge in [0.15, 0.2) is 0 Å². The van der Waals surface area contributed by atoms with E-state index in [2.05, 4.69) is 0 Å². The summed E-state index contributed by atoms with van der Waals surface area (Å²) in [6, 6.07) is 9.63. The van der Waals surface area contributed by atoms with Crippen LogP contribution in [-0.2, 0) is 19.1 Å². The number of amides is 2. The topological polar surface area (TPSA) is 70.2 Å². The minimum atomic E-state index is -0.331. The number of hydrogen-bond acceptors (Lipinski definition) is 5. The number of hydrazine groups is 1. The van der Waals surface area contributed by atoms with Gasteiger partial charge < -0.3 is 9.64 Å². The summed E-state index contributed by atoms with van der Waals surface area (Å²) in [6.07, 6.45) is 1.48. The molecule has 1 unspecified atom stereocenters. The first-order valence-corrected chi connectivity index (χ1v) is 9.55. The van der Waals surface area contributed by atoms with Gasteiger partial charge in [0.1, 0.15) is 0 Å². The van der Waals surface area contributed by atoms with Crippen LogP contribution in [0.5, 0.6) is 0 Å². The van der Waals surface area contributed by atoms with E-state index in [1.807, 2.05) is 42.4 Å².